The largest absolute Gasteiger partial charge is 0.255 e. The molecule has 1 fully saturated rings. The van der Waals surface area contributed by atoms with Gasteiger partial charge >= 0.3 is 0 Å². The molecule has 0 saturated heterocycles. The van der Waals surface area contributed by atoms with Crippen molar-refractivity contribution in [1.29, 1.82) is 0 Å². The second kappa shape index (κ2) is 5.89. The third-order valence-electron chi connectivity index (χ3n) is 3.43. The van der Waals surface area contributed by atoms with Gasteiger partial charge in [-0.3, -0.25) is 9.19 Å². The van der Waals surface area contributed by atoms with E-state index in [1.807, 2.05) is 13.8 Å². The lowest BCUT2D eigenvalue weighted by atomic mass is 10.0. The third-order valence-corrected chi connectivity index (χ3v) is 6.46. The molecule has 2 rings (SSSR count). The molecule has 100 valence electrons. The quantitative estimate of drug-likeness (QED) is 0.808. The summed E-state index contributed by atoms with van der Waals surface area (Å²) in [7, 11) is -1.12. The second-order valence-corrected chi connectivity index (χ2v) is 7.22. The number of rotatable bonds is 2. The molecule has 1 heterocycles. The number of nitrogens with zero attached hydrogens (tertiary/aromatic N) is 1. The summed E-state index contributed by atoms with van der Waals surface area (Å²) in [5, 5.41) is 1.12. The van der Waals surface area contributed by atoms with Crippen LogP contribution in [0.5, 0.6) is 0 Å². The highest BCUT2D eigenvalue weighted by molar-refractivity contribution is 7.86. The number of hydrogen-bond donors (Lipinski definition) is 0. The summed E-state index contributed by atoms with van der Waals surface area (Å²) in [6.07, 6.45) is 5.53. The van der Waals surface area contributed by atoms with Crippen molar-refractivity contribution in [3.63, 3.8) is 0 Å². The Kier molecular flexibility index (Phi) is 4.68. The summed E-state index contributed by atoms with van der Waals surface area (Å²) < 4.78 is 12.7. The third kappa shape index (κ3) is 2.73. The highest BCUT2D eigenvalue weighted by Crippen LogP contribution is 2.36. The molecule has 1 aliphatic carbocycles. The first-order valence-electron chi connectivity index (χ1n) is 6.25. The van der Waals surface area contributed by atoms with E-state index in [1.165, 1.54) is 6.42 Å². The van der Waals surface area contributed by atoms with Crippen LogP contribution >= 0.6 is 23.2 Å². The van der Waals surface area contributed by atoms with Crippen LogP contribution in [0.15, 0.2) is 4.90 Å². The van der Waals surface area contributed by atoms with Gasteiger partial charge in [0.05, 0.1) is 37.1 Å². The molecule has 1 aliphatic rings. The minimum Gasteiger partial charge on any atom is -0.255 e. The minimum absolute atomic E-state index is 0.190. The normalized spacial score (nSPS) is 18.9. The maximum Gasteiger partial charge on any atom is 0.0800 e. The number of pyridine rings is 1. The molecule has 0 N–H and O–H groups in total. The molecule has 0 radical (unpaired) electrons. The van der Waals surface area contributed by atoms with Gasteiger partial charge in [0.1, 0.15) is 0 Å². The van der Waals surface area contributed by atoms with Crippen LogP contribution in [0.2, 0.25) is 10.0 Å². The van der Waals surface area contributed by atoms with Crippen LogP contribution in [0.1, 0.15) is 43.5 Å². The topological polar surface area (TPSA) is 30.0 Å². The van der Waals surface area contributed by atoms with Crippen LogP contribution in [-0.4, -0.2) is 14.4 Å². The predicted molar refractivity (Wildman–Crippen MR) is 77.0 cm³/mol. The lowest BCUT2D eigenvalue weighted by molar-refractivity contribution is 0.504. The van der Waals surface area contributed by atoms with Gasteiger partial charge in [0, 0.05) is 5.25 Å². The van der Waals surface area contributed by atoms with Gasteiger partial charge in [-0.1, -0.05) is 42.5 Å². The number of aromatic nitrogens is 1. The molecule has 0 spiro atoms. The van der Waals surface area contributed by atoms with Crippen LogP contribution < -0.4 is 0 Å². The van der Waals surface area contributed by atoms with Gasteiger partial charge in [-0.25, -0.2) is 0 Å². The van der Waals surface area contributed by atoms with Gasteiger partial charge in [0.2, 0.25) is 0 Å². The number of hydrogen-bond acceptors (Lipinski definition) is 2. The molecule has 1 aromatic heterocycles. The Morgan fingerprint density at radius 2 is 1.56 bits per heavy atom. The maximum atomic E-state index is 12.7. The predicted octanol–water partition coefficient (Wildman–Crippen LogP) is 4.45. The van der Waals surface area contributed by atoms with Gasteiger partial charge in [-0.15, -0.1) is 0 Å². The zero-order valence-corrected chi connectivity index (χ0v) is 13.0. The molecule has 5 heteroatoms. The minimum atomic E-state index is -1.12. The molecular weight excluding hydrogens is 289 g/mol. The van der Waals surface area contributed by atoms with Gasteiger partial charge in [0.15, 0.2) is 0 Å². The monoisotopic (exact) mass is 305 g/mol. The van der Waals surface area contributed by atoms with Crippen LogP contribution in [0, 0.1) is 13.8 Å². The average molecular weight is 306 g/mol. The SMILES string of the molecule is Cc1nc(C)c(Cl)c(S(=O)C2CCCCC2)c1Cl. The highest BCUT2D eigenvalue weighted by Gasteiger charge is 2.26. The molecule has 0 aromatic carbocycles. The molecule has 1 unspecified atom stereocenters. The fourth-order valence-electron chi connectivity index (χ4n) is 2.40. The summed E-state index contributed by atoms with van der Waals surface area (Å²) in [5.41, 5.74) is 1.41. The lowest BCUT2D eigenvalue weighted by Gasteiger charge is -2.22. The van der Waals surface area contributed by atoms with E-state index in [0.717, 1.165) is 25.7 Å². The standard InChI is InChI=1S/C13H17Cl2NOS/c1-8-11(14)13(12(15)9(2)16-8)18(17)10-6-4-3-5-7-10/h10H,3-7H2,1-2H3. The first kappa shape index (κ1) is 14.3. The van der Waals surface area contributed by atoms with Crippen molar-refractivity contribution in [2.24, 2.45) is 0 Å². The molecule has 1 aromatic rings. The maximum absolute atomic E-state index is 12.7. The smallest absolute Gasteiger partial charge is 0.0800 e. The van der Waals surface area contributed by atoms with Crippen molar-refractivity contribution in [3.05, 3.63) is 21.4 Å². The molecular formula is C13H17Cl2NOS. The van der Waals surface area contributed by atoms with Gasteiger partial charge < -0.3 is 0 Å². The summed E-state index contributed by atoms with van der Waals surface area (Å²) in [5.74, 6) is 0. The number of halogens is 2. The van der Waals surface area contributed by atoms with Crippen molar-refractivity contribution in [2.75, 3.05) is 0 Å². The van der Waals surface area contributed by atoms with Crippen molar-refractivity contribution in [2.45, 2.75) is 56.1 Å². The summed E-state index contributed by atoms with van der Waals surface area (Å²) in [6, 6.07) is 0. The van der Waals surface area contributed by atoms with E-state index in [-0.39, 0.29) is 5.25 Å². The first-order valence-corrected chi connectivity index (χ1v) is 8.22. The van der Waals surface area contributed by atoms with E-state index in [0.29, 0.717) is 26.3 Å². The fourth-order valence-corrected chi connectivity index (χ4v) is 4.92. The van der Waals surface area contributed by atoms with E-state index in [1.54, 1.807) is 0 Å². The van der Waals surface area contributed by atoms with Crippen LogP contribution in [0.3, 0.4) is 0 Å². The molecule has 1 saturated carbocycles. The van der Waals surface area contributed by atoms with Crippen LogP contribution in [0.4, 0.5) is 0 Å². The Hall–Kier alpha value is -0.120. The highest BCUT2D eigenvalue weighted by atomic mass is 35.5. The molecule has 0 bridgehead atoms. The van der Waals surface area contributed by atoms with E-state index in [4.69, 9.17) is 23.2 Å². The van der Waals surface area contributed by atoms with E-state index < -0.39 is 10.8 Å². The van der Waals surface area contributed by atoms with Crippen LogP contribution in [0.25, 0.3) is 0 Å². The average Bonchev–Trinajstić information content (AvgIpc) is 2.37. The Morgan fingerprint density at radius 1 is 1.06 bits per heavy atom. The molecule has 2 nitrogen and oxygen atoms in total. The van der Waals surface area contributed by atoms with Gasteiger partial charge in [-0.05, 0) is 26.7 Å². The van der Waals surface area contributed by atoms with Gasteiger partial charge in [-0.2, -0.15) is 0 Å². The summed E-state index contributed by atoms with van der Waals surface area (Å²) >= 11 is 12.5. The molecule has 0 aliphatic heterocycles. The Labute approximate surface area is 121 Å². The number of aryl methyl sites for hydroxylation is 2. The zero-order valence-electron chi connectivity index (χ0n) is 10.6. The summed E-state index contributed by atoms with van der Waals surface area (Å²) in [4.78, 5) is 4.86. The van der Waals surface area contributed by atoms with Crippen molar-refractivity contribution in [1.82, 2.24) is 4.98 Å². The van der Waals surface area contributed by atoms with E-state index in [2.05, 4.69) is 4.98 Å². The van der Waals surface area contributed by atoms with Crippen molar-refractivity contribution < 1.29 is 4.21 Å². The first-order chi connectivity index (χ1) is 8.52. The van der Waals surface area contributed by atoms with Crippen molar-refractivity contribution in [3.8, 4) is 0 Å². The van der Waals surface area contributed by atoms with Crippen molar-refractivity contribution >= 4 is 34.0 Å². The zero-order chi connectivity index (χ0) is 13.3. The van der Waals surface area contributed by atoms with E-state index in [9.17, 15) is 4.21 Å². The Balaban J connectivity index is 2.40. The molecule has 18 heavy (non-hydrogen) atoms. The van der Waals surface area contributed by atoms with Gasteiger partial charge in [0.25, 0.3) is 0 Å². The van der Waals surface area contributed by atoms with E-state index >= 15 is 0 Å². The molecule has 1 atom stereocenters. The molecule has 0 amide bonds. The second-order valence-electron chi connectivity index (χ2n) is 4.80. The Bertz CT molecular complexity index is 458. The van der Waals surface area contributed by atoms with Crippen LogP contribution in [-0.2, 0) is 10.8 Å². The summed E-state index contributed by atoms with van der Waals surface area (Å²) in [6.45, 7) is 3.65. The Morgan fingerprint density at radius 3 is 2.06 bits per heavy atom. The fraction of sp³-hybridized carbons (Fsp3) is 0.615. The lowest BCUT2D eigenvalue weighted by Crippen LogP contribution is -2.19.